The fraction of sp³-hybridized carbons (Fsp3) is 0.111. The van der Waals surface area contributed by atoms with Crippen LogP contribution in [0.25, 0.3) is 10.9 Å². The molecular formula is C18H14ClNO3. The van der Waals surface area contributed by atoms with Crippen LogP contribution in [0, 0.1) is 0 Å². The largest absolute Gasteiger partial charge is 0.461 e. The molecule has 0 atom stereocenters. The number of aromatic nitrogens is 1. The smallest absolute Gasteiger partial charge is 0.355 e. The molecule has 0 spiro atoms. The molecule has 3 rings (SSSR count). The van der Waals surface area contributed by atoms with Gasteiger partial charge in [0.1, 0.15) is 5.69 Å². The Bertz CT molecular complexity index is 881. The molecule has 0 fully saturated rings. The van der Waals surface area contributed by atoms with Gasteiger partial charge in [0, 0.05) is 21.5 Å². The van der Waals surface area contributed by atoms with Crippen molar-refractivity contribution in [3.63, 3.8) is 0 Å². The molecule has 1 N–H and O–H groups in total. The fourth-order valence-corrected chi connectivity index (χ4v) is 2.61. The first-order valence-electron chi connectivity index (χ1n) is 7.20. The quantitative estimate of drug-likeness (QED) is 0.576. The first-order chi connectivity index (χ1) is 11.1. The molecule has 0 saturated heterocycles. The summed E-state index contributed by atoms with van der Waals surface area (Å²) in [6.07, 6.45) is 0. The molecule has 23 heavy (non-hydrogen) atoms. The zero-order valence-corrected chi connectivity index (χ0v) is 13.2. The summed E-state index contributed by atoms with van der Waals surface area (Å²) in [6, 6.07) is 13.9. The van der Waals surface area contributed by atoms with Crippen LogP contribution in [0.1, 0.15) is 33.3 Å². The standard InChI is InChI=1S/C18H14ClNO3/c1-2-23-18(22)16-15(13-5-3-4-6-14(13)20-16)17(21)11-7-9-12(19)10-8-11/h3-10,20H,2H2,1H3. The Labute approximate surface area is 138 Å². The lowest BCUT2D eigenvalue weighted by Crippen LogP contribution is -2.12. The Morgan fingerprint density at radius 1 is 1.09 bits per heavy atom. The zero-order valence-electron chi connectivity index (χ0n) is 12.4. The van der Waals surface area contributed by atoms with Gasteiger partial charge in [0.15, 0.2) is 5.78 Å². The van der Waals surface area contributed by atoms with Crippen molar-refractivity contribution in [2.45, 2.75) is 6.92 Å². The Balaban J connectivity index is 2.17. The van der Waals surface area contributed by atoms with Crippen LogP contribution in [-0.4, -0.2) is 23.3 Å². The molecular weight excluding hydrogens is 314 g/mol. The van der Waals surface area contributed by atoms with E-state index < -0.39 is 5.97 Å². The van der Waals surface area contributed by atoms with Crippen molar-refractivity contribution in [1.82, 2.24) is 4.98 Å². The third-order valence-electron chi connectivity index (χ3n) is 3.52. The second-order valence-corrected chi connectivity index (χ2v) is 5.41. The molecule has 1 aromatic heterocycles. The van der Waals surface area contributed by atoms with Crippen molar-refractivity contribution >= 4 is 34.3 Å². The Morgan fingerprint density at radius 3 is 2.48 bits per heavy atom. The van der Waals surface area contributed by atoms with Gasteiger partial charge in [0.2, 0.25) is 0 Å². The van der Waals surface area contributed by atoms with Gasteiger partial charge in [-0.15, -0.1) is 0 Å². The van der Waals surface area contributed by atoms with Gasteiger partial charge in [0.05, 0.1) is 12.2 Å². The molecule has 0 aliphatic rings. The Morgan fingerprint density at radius 2 is 1.78 bits per heavy atom. The van der Waals surface area contributed by atoms with Gasteiger partial charge < -0.3 is 9.72 Å². The van der Waals surface area contributed by atoms with E-state index in [1.807, 2.05) is 18.2 Å². The number of rotatable bonds is 4. The van der Waals surface area contributed by atoms with Gasteiger partial charge in [-0.2, -0.15) is 0 Å². The summed E-state index contributed by atoms with van der Waals surface area (Å²) >= 11 is 5.87. The number of benzene rings is 2. The van der Waals surface area contributed by atoms with Gasteiger partial charge in [0.25, 0.3) is 0 Å². The van der Waals surface area contributed by atoms with Crippen molar-refractivity contribution in [2.75, 3.05) is 6.61 Å². The molecule has 0 radical (unpaired) electrons. The first kappa shape index (κ1) is 15.3. The van der Waals surface area contributed by atoms with Crippen molar-refractivity contribution in [2.24, 2.45) is 0 Å². The fourth-order valence-electron chi connectivity index (χ4n) is 2.48. The van der Waals surface area contributed by atoms with E-state index >= 15 is 0 Å². The van der Waals surface area contributed by atoms with Crippen LogP contribution in [0.15, 0.2) is 48.5 Å². The summed E-state index contributed by atoms with van der Waals surface area (Å²) in [5.74, 6) is -0.789. The zero-order chi connectivity index (χ0) is 16.4. The Kier molecular flexibility index (Phi) is 4.17. The molecule has 0 unspecified atom stereocenters. The van der Waals surface area contributed by atoms with Crippen molar-refractivity contribution in [3.05, 3.63) is 70.4 Å². The average molecular weight is 328 g/mol. The van der Waals surface area contributed by atoms with Gasteiger partial charge in [-0.3, -0.25) is 4.79 Å². The van der Waals surface area contributed by atoms with Crippen LogP contribution >= 0.6 is 11.6 Å². The van der Waals surface area contributed by atoms with E-state index in [4.69, 9.17) is 16.3 Å². The lowest BCUT2D eigenvalue weighted by Gasteiger charge is -2.04. The molecule has 116 valence electrons. The molecule has 5 heteroatoms. The lowest BCUT2D eigenvalue weighted by molar-refractivity contribution is 0.0518. The summed E-state index contributed by atoms with van der Waals surface area (Å²) in [5, 5.41) is 1.24. The SMILES string of the molecule is CCOC(=O)c1[nH]c2ccccc2c1C(=O)c1ccc(Cl)cc1. The van der Waals surface area contributed by atoms with Crippen molar-refractivity contribution < 1.29 is 14.3 Å². The molecule has 3 aromatic rings. The second-order valence-electron chi connectivity index (χ2n) is 4.98. The molecule has 0 bridgehead atoms. The van der Waals surface area contributed by atoms with Gasteiger partial charge in [-0.1, -0.05) is 29.8 Å². The van der Waals surface area contributed by atoms with E-state index in [0.717, 1.165) is 0 Å². The average Bonchev–Trinajstić information content (AvgIpc) is 2.94. The third kappa shape index (κ3) is 2.85. The minimum Gasteiger partial charge on any atom is -0.461 e. The highest BCUT2D eigenvalue weighted by molar-refractivity contribution is 6.30. The minimum atomic E-state index is -0.541. The number of fused-ring (bicyclic) bond motifs is 1. The number of hydrogen-bond donors (Lipinski definition) is 1. The maximum absolute atomic E-state index is 12.9. The number of hydrogen-bond acceptors (Lipinski definition) is 3. The van der Waals surface area contributed by atoms with Crippen LogP contribution in [0.2, 0.25) is 5.02 Å². The van der Waals surface area contributed by atoms with Crippen LogP contribution in [-0.2, 0) is 4.74 Å². The topological polar surface area (TPSA) is 59.2 Å². The van der Waals surface area contributed by atoms with E-state index in [0.29, 0.717) is 27.1 Å². The number of aromatic amines is 1. The van der Waals surface area contributed by atoms with E-state index in [1.54, 1.807) is 37.3 Å². The van der Waals surface area contributed by atoms with E-state index in [1.165, 1.54) is 0 Å². The van der Waals surface area contributed by atoms with Crippen molar-refractivity contribution in [3.8, 4) is 0 Å². The molecule has 0 aliphatic carbocycles. The summed E-state index contributed by atoms with van der Waals surface area (Å²) in [6.45, 7) is 1.96. The van der Waals surface area contributed by atoms with E-state index in [2.05, 4.69) is 4.98 Å². The molecule has 1 heterocycles. The summed E-state index contributed by atoms with van der Waals surface area (Å²) < 4.78 is 5.06. The lowest BCUT2D eigenvalue weighted by atomic mass is 10.00. The maximum Gasteiger partial charge on any atom is 0.355 e. The highest BCUT2D eigenvalue weighted by atomic mass is 35.5. The highest BCUT2D eigenvalue weighted by Crippen LogP contribution is 2.26. The minimum absolute atomic E-state index is 0.174. The van der Waals surface area contributed by atoms with E-state index in [9.17, 15) is 9.59 Å². The molecule has 0 aliphatic heterocycles. The van der Waals surface area contributed by atoms with Crippen LogP contribution in [0.4, 0.5) is 0 Å². The summed E-state index contributed by atoms with van der Waals surface area (Å²) in [7, 11) is 0. The van der Waals surface area contributed by atoms with Crippen LogP contribution in [0.5, 0.6) is 0 Å². The normalized spacial score (nSPS) is 10.7. The molecule has 2 aromatic carbocycles. The first-order valence-corrected chi connectivity index (χ1v) is 7.57. The van der Waals surface area contributed by atoms with Crippen molar-refractivity contribution in [1.29, 1.82) is 0 Å². The number of halogens is 1. The van der Waals surface area contributed by atoms with Gasteiger partial charge >= 0.3 is 5.97 Å². The second kappa shape index (κ2) is 6.26. The number of ketones is 1. The number of esters is 1. The monoisotopic (exact) mass is 327 g/mol. The summed E-state index contributed by atoms with van der Waals surface area (Å²) in [5.41, 5.74) is 1.67. The number of H-pyrrole nitrogens is 1. The number of nitrogens with one attached hydrogen (secondary N) is 1. The van der Waals surface area contributed by atoms with Gasteiger partial charge in [-0.25, -0.2) is 4.79 Å². The Hall–Kier alpha value is -2.59. The number of carbonyl (C=O) groups excluding carboxylic acids is 2. The predicted molar refractivity (Wildman–Crippen MR) is 89.1 cm³/mol. The third-order valence-corrected chi connectivity index (χ3v) is 3.77. The molecule has 4 nitrogen and oxygen atoms in total. The summed E-state index contributed by atoms with van der Waals surface area (Å²) in [4.78, 5) is 28.1. The van der Waals surface area contributed by atoms with Crippen LogP contribution < -0.4 is 0 Å². The molecule has 0 saturated carbocycles. The highest BCUT2D eigenvalue weighted by Gasteiger charge is 2.24. The van der Waals surface area contributed by atoms with E-state index in [-0.39, 0.29) is 18.1 Å². The van der Waals surface area contributed by atoms with Crippen LogP contribution in [0.3, 0.4) is 0 Å². The number of carbonyl (C=O) groups is 2. The van der Waals surface area contributed by atoms with Gasteiger partial charge in [-0.05, 0) is 37.3 Å². The number of ether oxygens (including phenoxy) is 1. The predicted octanol–water partition coefficient (Wildman–Crippen LogP) is 4.23. The molecule has 0 amide bonds. The number of para-hydroxylation sites is 1. The maximum atomic E-state index is 12.9.